The number of nitriles is 1. The van der Waals surface area contributed by atoms with Gasteiger partial charge in [0.25, 0.3) is 0 Å². The molecule has 0 atom stereocenters. The fraction of sp³-hybridized carbons (Fsp3) is 0.217. The molecule has 0 aliphatic carbocycles. The van der Waals surface area contributed by atoms with Crippen molar-refractivity contribution < 1.29 is 23.7 Å². The summed E-state index contributed by atoms with van der Waals surface area (Å²) in [5.41, 5.74) is 3.04. The summed E-state index contributed by atoms with van der Waals surface area (Å²) < 4.78 is 28.9. The summed E-state index contributed by atoms with van der Waals surface area (Å²) in [6.45, 7) is 0. The summed E-state index contributed by atoms with van der Waals surface area (Å²) in [5, 5.41) is 17.3. The summed E-state index contributed by atoms with van der Waals surface area (Å²) in [6.07, 6.45) is 1.50. The van der Waals surface area contributed by atoms with Crippen LogP contribution in [0.4, 0.5) is 11.5 Å². The number of nitrogens with one attached hydrogen (secondary N) is 2. The van der Waals surface area contributed by atoms with Gasteiger partial charge in [0, 0.05) is 29.4 Å². The summed E-state index contributed by atoms with van der Waals surface area (Å²) >= 11 is 0. The van der Waals surface area contributed by atoms with Crippen LogP contribution in [0.3, 0.4) is 0 Å². The van der Waals surface area contributed by atoms with Crippen LogP contribution in [-0.4, -0.2) is 50.1 Å². The second-order valence-corrected chi connectivity index (χ2v) is 6.92. The van der Waals surface area contributed by atoms with Gasteiger partial charge in [-0.25, -0.2) is 0 Å². The maximum atomic E-state index is 9.52. The zero-order chi connectivity index (χ0) is 23.5. The molecular formula is C23H23N5O5. The number of rotatable bonds is 8. The largest absolute Gasteiger partial charge is 0.497 e. The summed E-state index contributed by atoms with van der Waals surface area (Å²) in [4.78, 5) is 3.30. The number of aromatic nitrogens is 3. The Balaban J connectivity index is 1.93. The van der Waals surface area contributed by atoms with Gasteiger partial charge in [-0.2, -0.15) is 14.9 Å². The predicted molar refractivity (Wildman–Crippen MR) is 122 cm³/mol. The third kappa shape index (κ3) is 3.80. The van der Waals surface area contributed by atoms with Crippen LogP contribution in [0.5, 0.6) is 28.7 Å². The van der Waals surface area contributed by atoms with E-state index in [2.05, 4.69) is 21.5 Å². The van der Waals surface area contributed by atoms with Crippen LogP contribution in [0.15, 0.2) is 36.5 Å². The number of aromatic amines is 1. The molecule has 2 heterocycles. The van der Waals surface area contributed by atoms with Crippen molar-refractivity contribution in [1.29, 1.82) is 5.26 Å². The Morgan fingerprint density at radius 2 is 1.52 bits per heavy atom. The zero-order valence-electron chi connectivity index (χ0n) is 18.8. The van der Waals surface area contributed by atoms with Crippen molar-refractivity contribution in [1.82, 2.24) is 14.6 Å². The van der Waals surface area contributed by atoms with Crippen LogP contribution in [0.1, 0.15) is 5.56 Å². The molecule has 10 heteroatoms. The predicted octanol–water partition coefficient (Wildman–Crippen LogP) is 3.99. The highest BCUT2D eigenvalue weighted by Crippen LogP contribution is 2.43. The second kappa shape index (κ2) is 8.92. The van der Waals surface area contributed by atoms with Gasteiger partial charge in [-0.1, -0.05) is 0 Å². The van der Waals surface area contributed by atoms with E-state index >= 15 is 0 Å². The molecule has 0 unspecified atom stereocenters. The molecule has 4 rings (SSSR count). The van der Waals surface area contributed by atoms with Gasteiger partial charge in [-0.05, 0) is 12.1 Å². The number of hydrogen-bond donors (Lipinski definition) is 2. The van der Waals surface area contributed by atoms with E-state index in [-0.39, 0.29) is 0 Å². The Morgan fingerprint density at radius 3 is 2.03 bits per heavy atom. The van der Waals surface area contributed by atoms with E-state index in [1.54, 1.807) is 46.1 Å². The van der Waals surface area contributed by atoms with E-state index in [0.29, 0.717) is 57.2 Å². The average Bonchev–Trinajstić information content (AvgIpc) is 3.42. The molecule has 0 saturated carbocycles. The first-order valence-corrected chi connectivity index (χ1v) is 9.87. The molecule has 0 amide bonds. The molecule has 2 aromatic carbocycles. The molecule has 0 fully saturated rings. The number of imidazole rings is 1. The van der Waals surface area contributed by atoms with Crippen LogP contribution in [0.25, 0.3) is 16.9 Å². The van der Waals surface area contributed by atoms with Crippen LogP contribution in [-0.2, 0) is 0 Å². The number of nitrogens with zero attached hydrogens (tertiary/aromatic N) is 3. The first-order valence-electron chi connectivity index (χ1n) is 9.87. The fourth-order valence-electron chi connectivity index (χ4n) is 3.57. The average molecular weight is 449 g/mol. The maximum absolute atomic E-state index is 9.52. The molecule has 2 aromatic heterocycles. The third-order valence-corrected chi connectivity index (χ3v) is 5.15. The Bertz CT molecular complexity index is 1300. The monoisotopic (exact) mass is 449 g/mol. The smallest absolute Gasteiger partial charge is 0.203 e. The molecule has 4 aromatic rings. The van der Waals surface area contributed by atoms with E-state index in [1.807, 2.05) is 24.3 Å². The Kier molecular flexibility index (Phi) is 5.87. The van der Waals surface area contributed by atoms with Crippen molar-refractivity contribution in [2.24, 2.45) is 0 Å². The molecule has 0 aliphatic rings. The molecule has 0 aliphatic heterocycles. The minimum Gasteiger partial charge on any atom is -0.497 e. The number of benzene rings is 2. The van der Waals surface area contributed by atoms with Crippen molar-refractivity contribution in [2.45, 2.75) is 0 Å². The number of methoxy groups -OCH3 is 5. The van der Waals surface area contributed by atoms with Gasteiger partial charge in [0.2, 0.25) is 5.75 Å². The minimum atomic E-state index is 0.403. The Morgan fingerprint density at radius 1 is 0.879 bits per heavy atom. The Labute approximate surface area is 190 Å². The maximum Gasteiger partial charge on any atom is 0.203 e. The Hall–Kier alpha value is -4.52. The molecule has 170 valence electrons. The van der Waals surface area contributed by atoms with Crippen LogP contribution in [0, 0.1) is 11.3 Å². The van der Waals surface area contributed by atoms with E-state index in [9.17, 15) is 5.26 Å². The molecule has 33 heavy (non-hydrogen) atoms. The molecule has 10 nitrogen and oxygen atoms in total. The summed E-state index contributed by atoms with van der Waals surface area (Å²) in [7, 11) is 7.82. The van der Waals surface area contributed by atoms with Gasteiger partial charge in [-0.15, -0.1) is 0 Å². The zero-order valence-corrected chi connectivity index (χ0v) is 18.8. The van der Waals surface area contributed by atoms with Gasteiger partial charge in [-0.3, -0.25) is 0 Å². The van der Waals surface area contributed by atoms with E-state index in [4.69, 9.17) is 23.7 Å². The first kappa shape index (κ1) is 21.7. The normalized spacial score (nSPS) is 10.5. The number of fused-ring (bicyclic) bond motifs is 1. The molecule has 0 bridgehead atoms. The fourth-order valence-corrected chi connectivity index (χ4v) is 3.57. The van der Waals surface area contributed by atoms with Crippen molar-refractivity contribution >= 4 is 17.2 Å². The number of hydrogen-bond acceptors (Lipinski definition) is 8. The molecule has 0 radical (unpaired) electrons. The van der Waals surface area contributed by atoms with Gasteiger partial charge in [0.05, 0.1) is 47.4 Å². The van der Waals surface area contributed by atoms with Crippen LogP contribution >= 0.6 is 0 Å². The number of ether oxygens (including phenoxy) is 5. The van der Waals surface area contributed by atoms with Gasteiger partial charge in [0.1, 0.15) is 23.1 Å². The van der Waals surface area contributed by atoms with Crippen molar-refractivity contribution in [3.05, 3.63) is 42.1 Å². The molecule has 0 spiro atoms. The lowest BCUT2D eigenvalue weighted by Gasteiger charge is -2.15. The topological polar surface area (TPSA) is 115 Å². The standard InChI is InChI=1S/C23H23N5O5/c1-29-16-8-15(9-17(10-16)30-2)26-23-20(27-22-14(11-24)12-25-28(22)23)13-6-18(31-3)21(33-5)19(7-13)32-4/h6-10,12,26-27H,1-5H3. The van der Waals surface area contributed by atoms with Crippen LogP contribution < -0.4 is 29.0 Å². The van der Waals surface area contributed by atoms with E-state index < -0.39 is 0 Å². The highest BCUT2D eigenvalue weighted by atomic mass is 16.5. The van der Waals surface area contributed by atoms with Crippen molar-refractivity contribution in [3.63, 3.8) is 0 Å². The van der Waals surface area contributed by atoms with Crippen molar-refractivity contribution in [2.75, 3.05) is 40.9 Å². The minimum absolute atomic E-state index is 0.403. The van der Waals surface area contributed by atoms with Gasteiger partial charge >= 0.3 is 0 Å². The highest BCUT2D eigenvalue weighted by molar-refractivity contribution is 5.83. The molecular weight excluding hydrogens is 426 g/mol. The summed E-state index contributed by atoms with van der Waals surface area (Å²) in [5.74, 6) is 3.30. The number of anilines is 2. The lowest BCUT2D eigenvalue weighted by molar-refractivity contribution is 0.324. The lowest BCUT2D eigenvalue weighted by Crippen LogP contribution is -2.00. The quantitative estimate of drug-likeness (QED) is 0.415. The third-order valence-electron chi connectivity index (χ3n) is 5.15. The molecule has 2 N–H and O–H groups in total. The van der Waals surface area contributed by atoms with E-state index in [0.717, 1.165) is 5.56 Å². The summed E-state index contributed by atoms with van der Waals surface area (Å²) in [6, 6.07) is 11.2. The number of H-pyrrole nitrogens is 1. The SMILES string of the molecule is COc1cc(Nc2c(-c3cc(OC)c(OC)c(OC)c3)[nH]c3c(C#N)cnn23)cc(OC)c1. The second-order valence-electron chi connectivity index (χ2n) is 6.92. The molecule has 0 saturated heterocycles. The van der Waals surface area contributed by atoms with Gasteiger partial charge < -0.3 is 34.0 Å². The van der Waals surface area contributed by atoms with Gasteiger partial charge in [0.15, 0.2) is 23.0 Å². The first-order chi connectivity index (χ1) is 16.1. The van der Waals surface area contributed by atoms with Crippen molar-refractivity contribution in [3.8, 4) is 46.1 Å². The lowest BCUT2D eigenvalue weighted by atomic mass is 10.1. The van der Waals surface area contributed by atoms with E-state index in [1.165, 1.54) is 6.20 Å². The highest BCUT2D eigenvalue weighted by Gasteiger charge is 2.21. The van der Waals surface area contributed by atoms with Crippen LogP contribution in [0.2, 0.25) is 0 Å².